The van der Waals surface area contributed by atoms with Crippen LogP contribution in [0, 0.1) is 17.3 Å². The van der Waals surface area contributed by atoms with Crippen LogP contribution in [0.3, 0.4) is 0 Å². The van der Waals surface area contributed by atoms with Gasteiger partial charge >= 0.3 is 5.97 Å². The predicted molar refractivity (Wildman–Crippen MR) is 57.8 cm³/mol. The zero-order valence-corrected chi connectivity index (χ0v) is 9.69. The molecule has 5 nitrogen and oxygen atoms in total. The Morgan fingerprint density at radius 1 is 1.25 bits per heavy atom. The SMILES string of the molecule is CC1(C)C(C(=O)O)C1C(=O)N1CCNCC1. The van der Waals surface area contributed by atoms with Crippen molar-refractivity contribution in [3.8, 4) is 0 Å². The molecule has 1 saturated heterocycles. The molecule has 2 aliphatic rings. The van der Waals surface area contributed by atoms with Crippen LogP contribution in [0.5, 0.6) is 0 Å². The lowest BCUT2D eigenvalue weighted by Crippen LogP contribution is -2.47. The van der Waals surface area contributed by atoms with Crippen molar-refractivity contribution in [2.24, 2.45) is 17.3 Å². The Balaban J connectivity index is 2.03. The maximum Gasteiger partial charge on any atom is 0.307 e. The minimum absolute atomic E-state index is 0.0129. The molecule has 90 valence electrons. The highest BCUT2D eigenvalue weighted by atomic mass is 16.4. The summed E-state index contributed by atoms with van der Waals surface area (Å²) in [5, 5.41) is 12.2. The molecule has 1 heterocycles. The molecule has 2 rings (SSSR count). The molecule has 2 atom stereocenters. The molecule has 5 heteroatoms. The van der Waals surface area contributed by atoms with Gasteiger partial charge in [-0.25, -0.2) is 0 Å². The number of rotatable bonds is 2. The number of amides is 1. The molecule has 0 radical (unpaired) electrons. The summed E-state index contributed by atoms with van der Waals surface area (Å²) in [6, 6.07) is 0. The van der Waals surface area contributed by atoms with Gasteiger partial charge in [-0.1, -0.05) is 13.8 Å². The molecule has 1 aliphatic carbocycles. The molecule has 2 fully saturated rings. The molecular weight excluding hydrogens is 208 g/mol. The Kier molecular flexibility index (Phi) is 2.66. The lowest BCUT2D eigenvalue weighted by Gasteiger charge is -2.28. The van der Waals surface area contributed by atoms with Crippen molar-refractivity contribution in [1.29, 1.82) is 0 Å². The van der Waals surface area contributed by atoms with E-state index in [1.54, 1.807) is 4.90 Å². The average Bonchev–Trinajstić information content (AvgIpc) is 2.82. The van der Waals surface area contributed by atoms with Crippen molar-refractivity contribution >= 4 is 11.9 Å². The fraction of sp³-hybridized carbons (Fsp3) is 0.818. The third kappa shape index (κ3) is 1.69. The summed E-state index contributed by atoms with van der Waals surface area (Å²) < 4.78 is 0. The number of hydrogen-bond donors (Lipinski definition) is 2. The van der Waals surface area contributed by atoms with Gasteiger partial charge in [-0.05, 0) is 5.41 Å². The van der Waals surface area contributed by atoms with E-state index < -0.39 is 11.9 Å². The van der Waals surface area contributed by atoms with Crippen LogP contribution in [0.1, 0.15) is 13.8 Å². The second-order valence-electron chi connectivity index (χ2n) is 5.19. The van der Waals surface area contributed by atoms with Crippen molar-refractivity contribution in [3.63, 3.8) is 0 Å². The van der Waals surface area contributed by atoms with E-state index in [0.717, 1.165) is 13.1 Å². The van der Waals surface area contributed by atoms with Crippen LogP contribution in [0.15, 0.2) is 0 Å². The van der Waals surface area contributed by atoms with Gasteiger partial charge in [0.25, 0.3) is 0 Å². The van der Waals surface area contributed by atoms with E-state index in [1.807, 2.05) is 13.8 Å². The summed E-state index contributed by atoms with van der Waals surface area (Å²) in [6.07, 6.45) is 0. The molecule has 1 amide bonds. The number of hydrogen-bond acceptors (Lipinski definition) is 3. The molecule has 2 N–H and O–H groups in total. The number of carboxylic acid groups (broad SMARTS) is 1. The molecule has 0 spiro atoms. The highest BCUT2D eigenvalue weighted by Crippen LogP contribution is 2.58. The smallest absolute Gasteiger partial charge is 0.307 e. The molecule has 0 aromatic carbocycles. The van der Waals surface area contributed by atoms with Crippen LogP contribution >= 0.6 is 0 Å². The van der Waals surface area contributed by atoms with Gasteiger partial charge in [0, 0.05) is 26.2 Å². The van der Waals surface area contributed by atoms with Crippen LogP contribution < -0.4 is 5.32 Å². The molecule has 1 saturated carbocycles. The lowest BCUT2D eigenvalue weighted by atomic mass is 10.1. The van der Waals surface area contributed by atoms with Crippen LogP contribution in [-0.4, -0.2) is 48.1 Å². The van der Waals surface area contributed by atoms with Crippen LogP contribution in [-0.2, 0) is 9.59 Å². The molecule has 0 bridgehead atoms. The van der Waals surface area contributed by atoms with Gasteiger partial charge in [0.05, 0.1) is 11.8 Å². The number of nitrogens with one attached hydrogen (secondary N) is 1. The summed E-state index contributed by atoms with van der Waals surface area (Å²) in [5.41, 5.74) is -0.381. The van der Waals surface area contributed by atoms with Crippen molar-refractivity contribution in [2.75, 3.05) is 26.2 Å². The second kappa shape index (κ2) is 3.73. The quantitative estimate of drug-likeness (QED) is 0.682. The number of nitrogens with zero attached hydrogens (tertiary/aromatic N) is 1. The van der Waals surface area contributed by atoms with Crippen molar-refractivity contribution in [2.45, 2.75) is 13.8 Å². The molecule has 1 aliphatic heterocycles. The predicted octanol–water partition coefficient (Wildman–Crippen LogP) is -0.225. The van der Waals surface area contributed by atoms with Gasteiger partial charge in [0.15, 0.2) is 0 Å². The van der Waals surface area contributed by atoms with E-state index in [0.29, 0.717) is 13.1 Å². The Hall–Kier alpha value is -1.10. The number of piperazine rings is 1. The zero-order valence-electron chi connectivity index (χ0n) is 9.69. The van der Waals surface area contributed by atoms with Gasteiger partial charge in [0.1, 0.15) is 0 Å². The number of carbonyl (C=O) groups is 2. The molecule has 16 heavy (non-hydrogen) atoms. The van der Waals surface area contributed by atoms with Crippen LogP contribution in [0.4, 0.5) is 0 Å². The molecule has 0 aromatic heterocycles. The van der Waals surface area contributed by atoms with Gasteiger partial charge in [-0.3, -0.25) is 9.59 Å². The summed E-state index contributed by atoms with van der Waals surface area (Å²) in [6.45, 7) is 6.70. The van der Waals surface area contributed by atoms with Crippen LogP contribution in [0.25, 0.3) is 0 Å². The number of carboxylic acids is 1. The second-order valence-corrected chi connectivity index (χ2v) is 5.19. The molecular formula is C11H18N2O3. The molecule has 0 aromatic rings. The zero-order chi connectivity index (χ0) is 11.9. The minimum Gasteiger partial charge on any atom is -0.481 e. The van der Waals surface area contributed by atoms with Gasteiger partial charge in [-0.15, -0.1) is 0 Å². The Morgan fingerprint density at radius 3 is 2.25 bits per heavy atom. The third-order valence-corrected chi connectivity index (χ3v) is 3.79. The van der Waals surface area contributed by atoms with Crippen LogP contribution in [0.2, 0.25) is 0 Å². The highest BCUT2D eigenvalue weighted by Gasteiger charge is 2.66. The summed E-state index contributed by atoms with van der Waals surface area (Å²) in [5.74, 6) is -1.67. The summed E-state index contributed by atoms with van der Waals surface area (Å²) in [4.78, 5) is 24.9. The largest absolute Gasteiger partial charge is 0.481 e. The van der Waals surface area contributed by atoms with Crippen molar-refractivity contribution in [1.82, 2.24) is 10.2 Å². The Morgan fingerprint density at radius 2 is 1.81 bits per heavy atom. The monoisotopic (exact) mass is 226 g/mol. The lowest BCUT2D eigenvalue weighted by molar-refractivity contribution is -0.142. The first-order chi connectivity index (χ1) is 7.46. The third-order valence-electron chi connectivity index (χ3n) is 3.79. The van der Waals surface area contributed by atoms with E-state index in [9.17, 15) is 9.59 Å². The van der Waals surface area contributed by atoms with E-state index in [4.69, 9.17) is 5.11 Å². The summed E-state index contributed by atoms with van der Waals surface area (Å²) in [7, 11) is 0. The van der Waals surface area contributed by atoms with E-state index in [1.165, 1.54) is 0 Å². The van der Waals surface area contributed by atoms with Crippen molar-refractivity contribution < 1.29 is 14.7 Å². The standard InChI is InChI=1S/C11H18N2O3/c1-11(2)7(8(11)10(15)16)9(14)13-5-3-12-4-6-13/h7-8,12H,3-6H2,1-2H3,(H,15,16). The van der Waals surface area contributed by atoms with Gasteiger partial charge < -0.3 is 15.3 Å². The normalized spacial score (nSPS) is 32.2. The fourth-order valence-corrected chi connectivity index (χ4v) is 2.64. The topological polar surface area (TPSA) is 69.6 Å². The summed E-state index contributed by atoms with van der Waals surface area (Å²) >= 11 is 0. The van der Waals surface area contributed by atoms with E-state index >= 15 is 0 Å². The fourth-order valence-electron chi connectivity index (χ4n) is 2.64. The highest BCUT2D eigenvalue weighted by molar-refractivity contribution is 5.91. The van der Waals surface area contributed by atoms with Crippen molar-refractivity contribution in [3.05, 3.63) is 0 Å². The maximum atomic E-state index is 12.1. The Labute approximate surface area is 94.8 Å². The van der Waals surface area contributed by atoms with E-state index in [2.05, 4.69) is 5.32 Å². The maximum absolute atomic E-state index is 12.1. The van der Waals surface area contributed by atoms with E-state index in [-0.39, 0.29) is 17.2 Å². The molecule has 2 unspecified atom stereocenters. The first-order valence-electron chi connectivity index (χ1n) is 5.68. The minimum atomic E-state index is -0.849. The first-order valence-corrected chi connectivity index (χ1v) is 5.68. The number of carbonyl (C=O) groups excluding carboxylic acids is 1. The number of aliphatic carboxylic acids is 1. The average molecular weight is 226 g/mol. The first kappa shape index (κ1) is 11.4. The van der Waals surface area contributed by atoms with Gasteiger partial charge in [-0.2, -0.15) is 0 Å². The Bertz CT molecular complexity index is 321. The van der Waals surface area contributed by atoms with Gasteiger partial charge in [0.2, 0.25) is 5.91 Å².